The van der Waals surface area contributed by atoms with E-state index in [0.29, 0.717) is 64.6 Å². The van der Waals surface area contributed by atoms with E-state index >= 15 is 0 Å². The average Bonchev–Trinajstić information content (AvgIpc) is 2.79. The second kappa shape index (κ2) is 20.1. The molecule has 0 spiro atoms. The number of hydrogen-bond acceptors (Lipinski definition) is 10. The van der Waals surface area contributed by atoms with Gasteiger partial charge in [0.05, 0.1) is 13.2 Å². The zero-order valence-electron chi connectivity index (χ0n) is 21.7. The summed E-state index contributed by atoms with van der Waals surface area (Å²) in [6.07, 6.45) is 3.17. The van der Waals surface area contributed by atoms with Crippen molar-refractivity contribution in [2.45, 2.75) is 66.5 Å². The molecule has 0 saturated carbocycles. The number of ether oxygens (including phenoxy) is 2. The molecule has 0 radical (unpaired) electrons. The first-order chi connectivity index (χ1) is 16.4. The van der Waals surface area contributed by atoms with Crippen LogP contribution >= 0.6 is 0 Å². The van der Waals surface area contributed by atoms with Crippen LogP contribution in [0.4, 0.5) is 0 Å². The van der Waals surface area contributed by atoms with Crippen LogP contribution in [0.15, 0.2) is 12.2 Å². The van der Waals surface area contributed by atoms with Gasteiger partial charge in [0, 0.05) is 63.9 Å². The van der Waals surface area contributed by atoms with Crippen LogP contribution in [0.1, 0.15) is 54.4 Å². The fraction of sp³-hybridized carbons (Fsp3) is 0.818. The molecule has 0 bridgehead atoms. The van der Waals surface area contributed by atoms with E-state index in [-0.39, 0.29) is 13.2 Å². The highest BCUT2D eigenvalue weighted by atomic mass is 28.4. The minimum Gasteiger partial charge on any atom is -0.463 e. The van der Waals surface area contributed by atoms with Crippen molar-refractivity contribution in [1.29, 1.82) is 0 Å². The van der Waals surface area contributed by atoms with Crippen LogP contribution in [0.2, 0.25) is 12.1 Å². The molecule has 34 heavy (non-hydrogen) atoms. The lowest BCUT2D eigenvalue weighted by Gasteiger charge is -2.28. The zero-order chi connectivity index (χ0) is 25.7. The van der Waals surface area contributed by atoms with Gasteiger partial charge in [-0.2, -0.15) is 0 Å². The summed E-state index contributed by atoms with van der Waals surface area (Å²) in [5.41, 5.74) is 0. The van der Waals surface area contributed by atoms with Crippen molar-refractivity contribution in [2.24, 2.45) is 0 Å². The summed E-state index contributed by atoms with van der Waals surface area (Å²) in [7, 11) is -5.52. The highest BCUT2D eigenvalue weighted by Gasteiger charge is 2.40. The molecule has 0 unspecified atom stereocenters. The summed E-state index contributed by atoms with van der Waals surface area (Å²) in [6.45, 7) is 14.6. The van der Waals surface area contributed by atoms with E-state index in [9.17, 15) is 9.59 Å². The Morgan fingerprint density at radius 1 is 0.529 bits per heavy atom. The molecule has 0 saturated heterocycles. The van der Waals surface area contributed by atoms with Gasteiger partial charge >= 0.3 is 29.5 Å². The smallest absolute Gasteiger partial charge is 0.463 e. The molecule has 0 amide bonds. The van der Waals surface area contributed by atoms with Crippen molar-refractivity contribution in [2.75, 3.05) is 52.9 Å². The Balaban J connectivity index is 4.36. The maximum atomic E-state index is 11.9. The van der Waals surface area contributed by atoms with Gasteiger partial charge in [-0.25, -0.2) is 9.59 Å². The topological polar surface area (TPSA) is 108 Å². The molecule has 10 nitrogen and oxygen atoms in total. The Hall–Kier alpha value is -1.13. The maximum absolute atomic E-state index is 11.9. The molecule has 0 aliphatic carbocycles. The van der Waals surface area contributed by atoms with E-state index in [1.54, 1.807) is 0 Å². The number of carbonyl (C=O) groups excluding carboxylic acids is 2. The Labute approximate surface area is 206 Å². The monoisotopic (exact) mass is 524 g/mol. The maximum Gasteiger partial charge on any atom is 0.501 e. The fourth-order valence-electron chi connectivity index (χ4n) is 3.16. The third-order valence-electron chi connectivity index (χ3n) is 4.28. The van der Waals surface area contributed by atoms with Gasteiger partial charge in [0.25, 0.3) is 0 Å². The molecule has 0 N–H and O–H groups in total. The van der Waals surface area contributed by atoms with Gasteiger partial charge in [0.2, 0.25) is 0 Å². The second-order valence-corrected chi connectivity index (χ2v) is 12.3. The van der Waals surface area contributed by atoms with Gasteiger partial charge in [-0.1, -0.05) is 0 Å². The summed E-state index contributed by atoms with van der Waals surface area (Å²) in [6, 6.07) is 1.08. The van der Waals surface area contributed by atoms with E-state index in [2.05, 4.69) is 0 Å². The van der Waals surface area contributed by atoms with Crippen molar-refractivity contribution >= 4 is 29.5 Å². The first-order valence-corrected chi connectivity index (χ1v) is 16.1. The third-order valence-corrected chi connectivity index (χ3v) is 10.6. The Morgan fingerprint density at radius 3 is 1.03 bits per heavy atom. The SMILES string of the molecule is CCO[Si](CCCOC(=O)/C=C/C(=O)OCCC[Si](OCC)(OCC)OCC)(OCC)OCC. The minimum absolute atomic E-state index is 0.166. The predicted octanol–water partition coefficient (Wildman–Crippen LogP) is 3.51. The van der Waals surface area contributed by atoms with Crippen molar-refractivity contribution in [1.82, 2.24) is 0 Å². The Bertz CT molecular complexity index is 492. The predicted molar refractivity (Wildman–Crippen MR) is 131 cm³/mol. The van der Waals surface area contributed by atoms with Crippen LogP contribution in [0, 0.1) is 0 Å². The van der Waals surface area contributed by atoms with Crippen molar-refractivity contribution in [3.63, 3.8) is 0 Å². The Morgan fingerprint density at radius 2 is 0.794 bits per heavy atom. The lowest BCUT2D eigenvalue weighted by Crippen LogP contribution is -2.46. The summed E-state index contributed by atoms with van der Waals surface area (Å²) in [5, 5.41) is 0. The summed E-state index contributed by atoms with van der Waals surface area (Å²) >= 11 is 0. The molecule has 0 aromatic heterocycles. The zero-order valence-corrected chi connectivity index (χ0v) is 23.7. The highest BCUT2D eigenvalue weighted by molar-refractivity contribution is 6.61. The summed E-state index contributed by atoms with van der Waals surface area (Å²) in [5.74, 6) is -1.24. The molecule has 0 aromatic rings. The average molecular weight is 525 g/mol. The van der Waals surface area contributed by atoms with Crippen LogP contribution in [0.5, 0.6) is 0 Å². The molecule has 0 fully saturated rings. The molecule has 200 valence electrons. The lowest BCUT2D eigenvalue weighted by atomic mass is 10.4. The highest BCUT2D eigenvalue weighted by Crippen LogP contribution is 2.19. The van der Waals surface area contributed by atoms with Crippen LogP contribution in [-0.4, -0.2) is 82.4 Å². The molecular formula is C22H44O10Si2. The van der Waals surface area contributed by atoms with Gasteiger partial charge in [-0.05, 0) is 54.4 Å². The van der Waals surface area contributed by atoms with Gasteiger partial charge in [0.15, 0.2) is 0 Å². The second-order valence-electron chi connectivity index (χ2n) is 6.84. The quantitative estimate of drug-likeness (QED) is 0.0903. The Kier molecular flexibility index (Phi) is 19.4. The largest absolute Gasteiger partial charge is 0.501 e. The van der Waals surface area contributed by atoms with Crippen LogP contribution < -0.4 is 0 Å². The number of rotatable bonds is 22. The first kappa shape index (κ1) is 32.9. The molecular weight excluding hydrogens is 480 g/mol. The van der Waals surface area contributed by atoms with Crippen LogP contribution in [0.25, 0.3) is 0 Å². The number of carbonyl (C=O) groups is 2. The molecule has 0 aromatic carbocycles. The van der Waals surface area contributed by atoms with E-state index in [1.807, 2.05) is 41.5 Å². The first-order valence-electron chi connectivity index (χ1n) is 12.2. The minimum atomic E-state index is -2.76. The van der Waals surface area contributed by atoms with E-state index in [4.69, 9.17) is 36.0 Å². The van der Waals surface area contributed by atoms with Crippen molar-refractivity contribution in [3.05, 3.63) is 12.2 Å². The van der Waals surface area contributed by atoms with Gasteiger partial charge in [-0.3, -0.25) is 0 Å². The van der Waals surface area contributed by atoms with Crippen molar-refractivity contribution in [3.8, 4) is 0 Å². The van der Waals surface area contributed by atoms with E-state index in [0.717, 1.165) is 12.2 Å². The molecule has 0 heterocycles. The van der Waals surface area contributed by atoms with Crippen LogP contribution in [-0.2, 0) is 45.6 Å². The van der Waals surface area contributed by atoms with Crippen molar-refractivity contribution < 1.29 is 45.6 Å². The van der Waals surface area contributed by atoms with Gasteiger partial charge < -0.3 is 36.0 Å². The number of esters is 2. The summed E-state index contributed by atoms with van der Waals surface area (Å²) in [4.78, 5) is 23.8. The van der Waals surface area contributed by atoms with E-state index < -0.39 is 29.5 Å². The summed E-state index contributed by atoms with van der Waals surface area (Å²) < 4.78 is 44.9. The van der Waals surface area contributed by atoms with E-state index in [1.165, 1.54) is 0 Å². The number of hydrogen-bond donors (Lipinski definition) is 0. The molecule has 0 rings (SSSR count). The lowest BCUT2D eigenvalue weighted by molar-refractivity contribution is -0.140. The fourth-order valence-corrected chi connectivity index (χ4v) is 8.32. The molecule has 12 heteroatoms. The van der Waals surface area contributed by atoms with Gasteiger partial charge in [-0.15, -0.1) is 0 Å². The molecule has 0 aliphatic rings. The third kappa shape index (κ3) is 14.3. The molecule has 0 aliphatic heterocycles. The molecule has 0 atom stereocenters. The normalized spacial score (nSPS) is 12.3. The standard InChI is InChI=1S/C22H44O10Si2/c1-7-27-33(28-8-2,29-9-3)19-13-17-25-21(23)15-16-22(24)26-18-14-20-34(30-10-4,31-11-5)32-12-6/h15-16H,7-14,17-20H2,1-6H3/b16-15+. The van der Waals surface area contributed by atoms with Crippen LogP contribution in [0.3, 0.4) is 0 Å². The van der Waals surface area contributed by atoms with Gasteiger partial charge in [0.1, 0.15) is 0 Å².